The predicted molar refractivity (Wildman–Crippen MR) is 130 cm³/mol. The van der Waals surface area contributed by atoms with E-state index in [-0.39, 0.29) is 35.2 Å². The third-order valence-corrected chi connectivity index (χ3v) is 5.75. The second-order valence-corrected chi connectivity index (χ2v) is 8.73. The molecule has 0 aliphatic carbocycles. The van der Waals surface area contributed by atoms with Crippen molar-refractivity contribution in [3.8, 4) is 17.1 Å². The molecule has 1 amide bonds. The average Bonchev–Trinajstić information content (AvgIpc) is 3.24. The topological polar surface area (TPSA) is 93.4 Å². The van der Waals surface area contributed by atoms with Crippen LogP contribution in [0.1, 0.15) is 21.6 Å². The number of aromatic nitrogens is 4. The van der Waals surface area contributed by atoms with Crippen LogP contribution in [-0.2, 0) is 4.79 Å². The highest BCUT2D eigenvalue weighted by Gasteiger charge is 2.33. The van der Waals surface area contributed by atoms with Gasteiger partial charge >= 0.3 is 6.36 Å². The molecule has 2 aromatic heterocycles. The number of nitrogens with zero attached hydrogens (tertiary/aromatic N) is 4. The van der Waals surface area contributed by atoms with Gasteiger partial charge in [-0.25, -0.2) is 9.97 Å². The number of fused-ring (bicyclic) bond motifs is 3. The molecule has 0 bridgehead atoms. The SMILES string of the molecule is [2H]CCCNC(=O)[C@H](C)Nc1nc2c(Br)cccc2c2nc(-c3ccc(Cl)cc3OC(F)(F)F)nn12. The third kappa shape index (κ3) is 5.43. The van der Waals surface area contributed by atoms with Gasteiger partial charge in [0.2, 0.25) is 11.9 Å². The van der Waals surface area contributed by atoms with Gasteiger partial charge in [-0.05, 0) is 59.6 Å². The number of nitrogens with one attached hydrogen (secondary N) is 2. The Hall–Kier alpha value is -3.12. The molecule has 2 heterocycles. The lowest BCUT2D eigenvalue weighted by Gasteiger charge is -2.15. The zero-order valence-electron chi connectivity index (χ0n) is 19.2. The summed E-state index contributed by atoms with van der Waals surface area (Å²) in [5, 5.41) is 10.7. The molecule has 2 aromatic carbocycles. The quantitative estimate of drug-likeness (QED) is 0.281. The fourth-order valence-electron chi connectivity index (χ4n) is 3.32. The first-order chi connectivity index (χ1) is 17.1. The first-order valence-corrected chi connectivity index (χ1v) is 11.5. The van der Waals surface area contributed by atoms with E-state index in [1.54, 1.807) is 25.1 Å². The van der Waals surface area contributed by atoms with E-state index in [9.17, 15) is 18.0 Å². The van der Waals surface area contributed by atoms with Crippen molar-refractivity contribution >= 4 is 55.9 Å². The van der Waals surface area contributed by atoms with Crippen LogP contribution in [-0.4, -0.2) is 44.4 Å². The van der Waals surface area contributed by atoms with Crippen molar-refractivity contribution in [2.75, 3.05) is 11.9 Å². The van der Waals surface area contributed by atoms with Crippen LogP contribution in [0.5, 0.6) is 5.75 Å². The number of ether oxygens (including phenoxy) is 1. The van der Waals surface area contributed by atoms with Crippen molar-refractivity contribution < 1.29 is 24.1 Å². The second kappa shape index (κ2) is 9.86. The molecule has 35 heavy (non-hydrogen) atoms. The number of carbonyl (C=O) groups is 1. The van der Waals surface area contributed by atoms with Crippen LogP contribution >= 0.6 is 27.5 Å². The Bertz CT molecular complexity index is 1430. The van der Waals surface area contributed by atoms with Crippen molar-refractivity contribution in [1.82, 2.24) is 24.9 Å². The Morgan fingerprint density at radius 1 is 1.31 bits per heavy atom. The number of rotatable bonds is 7. The van der Waals surface area contributed by atoms with E-state index in [2.05, 4.69) is 46.4 Å². The van der Waals surface area contributed by atoms with E-state index in [1.165, 1.54) is 16.6 Å². The van der Waals surface area contributed by atoms with E-state index in [0.29, 0.717) is 34.0 Å². The molecule has 0 unspecified atom stereocenters. The molecule has 0 saturated carbocycles. The fraction of sp³-hybridized carbons (Fsp3) is 0.273. The highest BCUT2D eigenvalue weighted by atomic mass is 79.9. The van der Waals surface area contributed by atoms with Gasteiger partial charge in [-0.3, -0.25) is 4.79 Å². The number of amides is 1. The smallest absolute Gasteiger partial charge is 0.405 e. The van der Waals surface area contributed by atoms with Crippen LogP contribution in [0.2, 0.25) is 5.02 Å². The zero-order valence-corrected chi connectivity index (χ0v) is 20.5. The lowest BCUT2D eigenvalue weighted by molar-refractivity contribution is -0.274. The maximum absolute atomic E-state index is 13.0. The minimum Gasteiger partial charge on any atom is -0.405 e. The minimum absolute atomic E-state index is 0.0318. The van der Waals surface area contributed by atoms with Crippen molar-refractivity contribution in [1.29, 1.82) is 0 Å². The second-order valence-electron chi connectivity index (χ2n) is 7.44. The van der Waals surface area contributed by atoms with Gasteiger partial charge < -0.3 is 15.4 Å². The highest BCUT2D eigenvalue weighted by molar-refractivity contribution is 9.10. The fourth-order valence-corrected chi connectivity index (χ4v) is 3.94. The summed E-state index contributed by atoms with van der Waals surface area (Å²) in [6.45, 7) is 2.17. The molecule has 0 saturated heterocycles. The number of para-hydroxylation sites is 1. The van der Waals surface area contributed by atoms with Gasteiger partial charge in [0.15, 0.2) is 11.5 Å². The molecule has 1 atom stereocenters. The van der Waals surface area contributed by atoms with E-state index >= 15 is 0 Å². The largest absolute Gasteiger partial charge is 0.573 e. The number of carbonyl (C=O) groups excluding carboxylic acids is 1. The summed E-state index contributed by atoms with van der Waals surface area (Å²) in [5.41, 5.74) is 0.778. The first-order valence-electron chi connectivity index (χ1n) is 11.0. The Labute approximate surface area is 212 Å². The molecule has 0 radical (unpaired) electrons. The number of alkyl halides is 3. The molecule has 0 aliphatic rings. The molecule has 8 nitrogen and oxygen atoms in total. The molecule has 4 aromatic rings. The molecule has 0 aliphatic heterocycles. The lowest BCUT2D eigenvalue weighted by Crippen LogP contribution is -2.38. The van der Waals surface area contributed by atoms with Crippen LogP contribution in [0.3, 0.4) is 0 Å². The number of halogens is 5. The summed E-state index contributed by atoms with van der Waals surface area (Å²) in [7, 11) is 0. The summed E-state index contributed by atoms with van der Waals surface area (Å²) >= 11 is 9.35. The summed E-state index contributed by atoms with van der Waals surface area (Å²) < 4.78 is 52.4. The normalized spacial score (nSPS) is 13.0. The number of hydrogen-bond donors (Lipinski definition) is 2. The van der Waals surface area contributed by atoms with E-state index in [0.717, 1.165) is 6.07 Å². The van der Waals surface area contributed by atoms with Gasteiger partial charge in [0, 0.05) is 22.8 Å². The van der Waals surface area contributed by atoms with E-state index < -0.39 is 18.2 Å². The Morgan fingerprint density at radius 2 is 2.11 bits per heavy atom. The lowest BCUT2D eigenvalue weighted by atomic mass is 10.2. The summed E-state index contributed by atoms with van der Waals surface area (Å²) in [4.78, 5) is 21.5. The monoisotopic (exact) mass is 571 g/mol. The molecule has 13 heteroatoms. The van der Waals surface area contributed by atoms with Crippen LogP contribution in [0, 0.1) is 0 Å². The van der Waals surface area contributed by atoms with Gasteiger partial charge in [-0.15, -0.1) is 18.3 Å². The van der Waals surface area contributed by atoms with E-state index in [4.69, 9.17) is 13.0 Å². The van der Waals surface area contributed by atoms with Crippen molar-refractivity contribution in [3.05, 3.63) is 45.9 Å². The van der Waals surface area contributed by atoms with Crippen molar-refractivity contribution in [2.24, 2.45) is 0 Å². The Kier molecular flexibility index (Phi) is 6.65. The first kappa shape index (κ1) is 23.6. The standard InChI is InChI=1S/C22H19BrClF3N6O2/c1-3-9-28-20(34)11(2)29-21-30-17-14(5-4-6-15(17)23)19-31-18(32-33(19)21)13-8-7-12(24)10-16(13)35-22(25,26)27/h4-8,10-11H,3,9H2,1-2H3,(H,28,34)(H,29,30)/t11-/m0/s1/i1D. The van der Waals surface area contributed by atoms with Crippen LogP contribution in [0.15, 0.2) is 40.9 Å². The maximum atomic E-state index is 13.0. The number of hydrogen-bond acceptors (Lipinski definition) is 6. The molecule has 0 fully saturated rings. The van der Waals surface area contributed by atoms with Crippen molar-refractivity contribution in [2.45, 2.75) is 32.6 Å². The van der Waals surface area contributed by atoms with Crippen LogP contribution in [0.4, 0.5) is 19.1 Å². The van der Waals surface area contributed by atoms with Crippen LogP contribution < -0.4 is 15.4 Å². The summed E-state index contributed by atoms with van der Waals surface area (Å²) in [5.74, 6) is -0.778. The van der Waals surface area contributed by atoms with Gasteiger partial charge in [0.05, 0.1) is 11.1 Å². The molecular weight excluding hydrogens is 553 g/mol. The highest BCUT2D eigenvalue weighted by Crippen LogP contribution is 2.36. The molecule has 4 rings (SSSR count). The molecule has 2 N–H and O–H groups in total. The average molecular weight is 573 g/mol. The van der Waals surface area contributed by atoms with E-state index in [1.807, 2.05) is 0 Å². The van der Waals surface area contributed by atoms with Gasteiger partial charge in [-0.2, -0.15) is 4.52 Å². The minimum atomic E-state index is -4.95. The van der Waals surface area contributed by atoms with Gasteiger partial charge in [0.25, 0.3) is 0 Å². The molecular formula is C22H19BrClF3N6O2. The van der Waals surface area contributed by atoms with Gasteiger partial charge in [0.1, 0.15) is 11.8 Å². The molecule has 0 spiro atoms. The Morgan fingerprint density at radius 3 is 2.86 bits per heavy atom. The van der Waals surface area contributed by atoms with Gasteiger partial charge in [-0.1, -0.05) is 24.6 Å². The number of benzene rings is 2. The Balaban J connectivity index is 1.83. The van der Waals surface area contributed by atoms with Crippen molar-refractivity contribution in [3.63, 3.8) is 0 Å². The van der Waals surface area contributed by atoms with Crippen LogP contribution in [0.25, 0.3) is 27.9 Å². The number of anilines is 1. The zero-order chi connectivity index (χ0) is 26.0. The third-order valence-electron chi connectivity index (χ3n) is 4.88. The summed E-state index contributed by atoms with van der Waals surface area (Å²) in [6, 6.07) is 8.32. The molecule has 184 valence electrons. The maximum Gasteiger partial charge on any atom is 0.573 e. The summed E-state index contributed by atoms with van der Waals surface area (Å²) in [6.07, 6.45) is -4.44. The predicted octanol–water partition coefficient (Wildman–Crippen LogP) is 5.59.